The summed E-state index contributed by atoms with van der Waals surface area (Å²) < 4.78 is 39.9. The van der Waals surface area contributed by atoms with Crippen molar-refractivity contribution in [1.82, 2.24) is 30.1 Å². The summed E-state index contributed by atoms with van der Waals surface area (Å²) in [5, 5.41) is 10.0. The number of hydrogen-bond acceptors (Lipinski definition) is 8. The van der Waals surface area contributed by atoms with E-state index >= 15 is 0 Å². The van der Waals surface area contributed by atoms with Crippen LogP contribution in [0.5, 0.6) is 0 Å². The molecule has 1 aromatic carbocycles. The minimum absolute atomic E-state index is 0.0254. The molecule has 0 saturated carbocycles. The standard InChI is InChI=1S/C20H13F3N8/c1-11(28-16-10-25-13-5-3-4-6-14(13)29-16)17-19(24-2)30-15(9-26-17)18-12(20(21,22)23)7-8-27-31-18/h3-10H,1-2H2,(H,28,29). The van der Waals surface area contributed by atoms with E-state index in [0.29, 0.717) is 11.3 Å². The topological polar surface area (TPSA) is 102 Å². The number of hydrogen-bond donors (Lipinski definition) is 1. The predicted octanol–water partition coefficient (Wildman–Crippen LogP) is 4.31. The summed E-state index contributed by atoms with van der Waals surface area (Å²) in [7, 11) is 0. The third-order valence-corrected chi connectivity index (χ3v) is 4.19. The van der Waals surface area contributed by atoms with Gasteiger partial charge in [-0.05, 0) is 24.9 Å². The van der Waals surface area contributed by atoms with Crippen LogP contribution in [-0.4, -0.2) is 36.9 Å². The number of halogens is 3. The molecule has 0 amide bonds. The predicted molar refractivity (Wildman–Crippen MR) is 109 cm³/mol. The average molecular weight is 422 g/mol. The number of rotatable bonds is 5. The second-order valence-corrected chi connectivity index (χ2v) is 6.22. The fourth-order valence-electron chi connectivity index (χ4n) is 2.80. The molecule has 31 heavy (non-hydrogen) atoms. The quantitative estimate of drug-likeness (QED) is 0.478. The second-order valence-electron chi connectivity index (χ2n) is 6.22. The second kappa shape index (κ2) is 7.86. The van der Waals surface area contributed by atoms with Crippen LogP contribution in [0.3, 0.4) is 0 Å². The van der Waals surface area contributed by atoms with E-state index in [9.17, 15) is 13.2 Å². The molecule has 154 valence electrons. The Morgan fingerprint density at radius 1 is 1.00 bits per heavy atom. The third-order valence-electron chi connectivity index (χ3n) is 4.19. The van der Waals surface area contributed by atoms with Crippen molar-refractivity contribution in [2.75, 3.05) is 5.32 Å². The van der Waals surface area contributed by atoms with Gasteiger partial charge in [-0.3, -0.25) is 4.98 Å². The number of anilines is 1. The lowest BCUT2D eigenvalue weighted by molar-refractivity contribution is -0.137. The van der Waals surface area contributed by atoms with E-state index in [1.807, 2.05) is 18.2 Å². The molecule has 1 N–H and O–H groups in total. The molecule has 3 aromatic heterocycles. The molecule has 0 aliphatic rings. The summed E-state index contributed by atoms with van der Waals surface area (Å²) >= 11 is 0. The van der Waals surface area contributed by atoms with E-state index in [4.69, 9.17) is 0 Å². The average Bonchev–Trinajstić information content (AvgIpc) is 2.78. The fraction of sp³-hybridized carbons (Fsp3) is 0.0500. The van der Waals surface area contributed by atoms with Crippen molar-refractivity contribution < 1.29 is 13.2 Å². The van der Waals surface area contributed by atoms with Gasteiger partial charge in [0.25, 0.3) is 0 Å². The molecule has 0 atom stereocenters. The van der Waals surface area contributed by atoms with Crippen molar-refractivity contribution >= 4 is 35.1 Å². The van der Waals surface area contributed by atoms with Gasteiger partial charge < -0.3 is 5.32 Å². The molecule has 0 spiro atoms. The molecule has 4 aromatic rings. The van der Waals surface area contributed by atoms with Gasteiger partial charge in [0.15, 0.2) is 5.82 Å². The Morgan fingerprint density at radius 2 is 1.77 bits per heavy atom. The number of aliphatic imine (C=N–C) groups is 1. The number of para-hydroxylation sites is 2. The van der Waals surface area contributed by atoms with Gasteiger partial charge in [-0.1, -0.05) is 18.7 Å². The first-order chi connectivity index (χ1) is 14.9. The Kier molecular flexibility index (Phi) is 5.07. The largest absolute Gasteiger partial charge is 0.418 e. The number of benzene rings is 1. The Labute approximate surface area is 173 Å². The lowest BCUT2D eigenvalue weighted by Crippen LogP contribution is -2.10. The van der Waals surface area contributed by atoms with Gasteiger partial charge in [0.1, 0.15) is 22.9 Å². The highest BCUT2D eigenvalue weighted by Gasteiger charge is 2.35. The number of nitrogens with zero attached hydrogens (tertiary/aromatic N) is 7. The summed E-state index contributed by atoms with van der Waals surface area (Å²) in [6.07, 6.45) is -1.02. The lowest BCUT2D eigenvalue weighted by atomic mass is 10.1. The SMILES string of the molecule is C=Nc1nc(-c2nnccc2C(F)(F)F)cnc1C(=C)Nc1cnc2ccccc2n1. The molecule has 3 heterocycles. The number of alkyl halides is 3. The normalized spacial score (nSPS) is 11.3. The molecule has 0 unspecified atom stereocenters. The van der Waals surface area contributed by atoms with Crippen molar-refractivity contribution in [3.8, 4) is 11.4 Å². The Hall–Kier alpha value is -4.28. The van der Waals surface area contributed by atoms with Crippen LogP contribution in [0, 0.1) is 0 Å². The Balaban J connectivity index is 1.67. The zero-order valence-corrected chi connectivity index (χ0v) is 15.8. The molecule has 11 heteroatoms. The number of fused-ring (bicyclic) bond motifs is 1. The lowest BCUT2D eigenvalue weighted by Gasteiger charge is -2.13. The summed E-state index contributed by atoms with van der Waals surface area (Å²) in [5.41, 5.74) is 0.255. The van der Waals surface area contributed by atoms with Crippen LogP contribution < -0.4 is 5.32 Å². The molecule has 8 nitrogen and oxygen atoms in total. The van der Waals surface area contributed by atoms with E-state index in [0.717, 1.165) is 24.0 Å². The van der Waals surface area contributed by atoms with Gasteiger partial charge in [-0.15, -0.1) is 5.10 Å². The Morgan fingerprint density at radius 3 is 2.52 bits per heavy atom. The van der Waals surface area contributed by atoms with E-state index in [1.165, 1.54) is 6.20 Å². The molecule has 0 bridgehead atoms. The first kappa shape index (κ1) is 20.0. The molecular weight excluding hydrogens is 409 g/mol. The van der Waals surface area contributed by atoms with Crippen LogP contribution in [0.4, 0.5) is 24.8 Å². The maximum atomic E-state index is 13.3. The van der Waals surface area contributed by atoms with Crippen molar-refractivity contribution in [3.05, 3.63) is 66.8 Å². The number of aromatic nitrogens is 6. The highest BCUT2D eigenvalue weighted by atomic mass is 19.4. The maximum Gasteiger partial charge on any atom is 0.418 e. The van der Waals surface area contributed by atoms with Crippen LogP contribution in [-0.2, 0) is 6.18 Å². The van der Waals surface area contributed by atoms with Crippen molar-refractivity contribution in [3.63, 3.8) is 0 Å². The smallest absolute Gasteiger partial charge is 0.338 e. The molecule has 0 aliphatic heterocycles. The molecule has 0 fully saturated rings. The molecule has 0 saturated heterocycles. The molecular formula is C20H13F3N8. The minimum Gasteiger partial charge on any atom is -0.338 e. The third kappa shape index (κ3) is 4.06. The maximum absolute atomic E-state index is 13.3. The van der Waals surface area contributed by atoms with E-state index < -0.39 is 17.4 Å². The zero-order valence-electron chi connectivity index (χ0n) is 15.8. The van der Waals surface area contributed by atoms with Gasteiger partial charge >= 0.3 is 6.18 Å². The van der Waals surface area contributed by atoms with Crippen molar-refractivity contribution in [2.45, 2.75) is 6.18 Å². The summed E-state index contributed by atoms with van der Waals surface area (Å²) in [6, 6.07) is 8.13. The number of nitrogens with one attached hydrogen (secondary N) is 1. The van der Waals surface area contributed by atoms with E-state index in [1.54, 1.807) is 6.07 Å². The van der Waals surface area contributed by atoms with Crippen LogP contribution in [0.15, 0.2) is 60.5 Å². The van der Waals surface area contributed by atoms with Crippen LogP contribution in [0.2, 0.25) is 0 Å². The van der Waals surface area contributed by atoms with Gasteiger partial charge in [0.2, 0.25) is 0 Å². The summed E-state index contributed by atoms with van der Waals surface area (Å²) in [5.74, 6) is 0.375. The van der Waals surface area contributed by atoms with E-state index in [-0.39, 0.29) is 22.9 Å². The first-order valence-electron chi connectivity index (χ1n) is 8.78. The Bertz CT molecular complexity index is 1300. The van der Waals surface area contributed by atoms with Crippen molar-refractivity contribution in [2.24, 2.45) is 4.99 Å². The summed E-state index contributed by atoms with van der Waals surface area (Å²) in [4.78, 5) is 20.8. The fourth-order valence-corrected chi connectivity index (χ4v) is 2.80. The molecule has 0 aliphatic carbocycles. The van der Waals surface area contributed by atoms with E-state index in [2.05, 4.69) is 53.7 Å². The van der Waals surface area contributed by atoms with Gasteiger partial charge in [0.05, 0.1) is 40.9 Å². The summed E-state index contributed by atoms with van der Waals surface area (Å²) in [6.45, 7) is 7.31. The van der Waals surface area contributed by atoms with Gasteiger partial charge in [0, 0.05) is 0 Å². The van der Waals surface area contributed by atoms with Crippen LogP contribution in [0.25, 0.3) is 28.1 Å². The van der Waals surface area contributed by atoms with Crippen molar-refractivity contribution in [1.29, 1.82) is 0 Å². The molecule has 4 rings (SSSR count). The first-order valence-corrected chi connectivity index (χ1v) is 8.78. The van der Waals surface area contributed by atoms with Gasteiger partial charge in [-0.25, -0.2) is 19.9 Å². The zero-order chi connectivity index (χ0) is 22.0. The van der Waals surface area contributed by atoms with Gasteiger partial charge in [-0.2, -0.15) is 18.3 Å². The van der Waals surface area contributed by atoms with Crippen LogP contribution in [0.1, 0.15) is 11.3 Å². The molecule has 0 radical (unpaired) electrons. The monoisotopic (exact) mass is 422 g/mol. The van der Waals surface area contributed by atoms with Crippen LogP contribution >= 0.6 is 0 Å². The minimum atomic E-state index is -4.63. The highest BCUT2D eigenvalue weighted by Crippen LogP contribution is 2.35. The highest BCUT2D eigenvalue weighted by molar-refractivity contribution is 5.81.